The molecule has 0 saturated carbocycles. The second-order valence-corrected chi connectivity index (χ2v) is 6.06. The average molecular weight is 329 g/mol. The molecule has 1 saturated heterocycles. The molecule has 0 radical (unpaired) electrons. The van der Waals surface area contributed by atoms with Crippen LogP contribution in [-0.4, -0.2) is 45.5 Å². The number of hydrogen-bond donors (Lipinski definition) is 1. The number of hydrogen-bond acceptors (Lipinski definition) is 4. The Hall–Kier alpha value is -2.41. The highest BCUT2D eigenvalue weighted by Crippen LogP contribution is 2.18. The summed E-state index contributed by atoms with van der Waals surface area (Å²) in [4.78, 5) is 18.3. The maximum Gasteiger partial charge on any atom is 0.322 e. The number of carbonyl (C=O) groups is 1. The van der Waals surface area contributed by atoms with E-state index in [-0.39, 0.29) is 18.2 Å². The molecule has 1 aliphatic heterocycles. The van der Waals surface area contributed by atoms with E-state index in [1.807, 2.05) is 36.0 Å². The van der Waals surface area contributed by atoms with E-state index < -0.39 is 0 Å². The highest BCUT2D eigenvalue weighted by Gasteiger charge is 2.20. The van der Waals surface area contributed by atoms with Crippen molar-refractivity contribution in [2.24, 2.45) is 0 Å². The standard InChI is InChI=1S/C17H23N5O2/c1-13(16-7-3-4-8-18-16)21(2)17(23)20-14-10-19-22(11-14)12-15-6-5-9-24-15/h3-4,7-8,10-11,13,15H,5-6,9,12H2,1-2H3,(H,20,23)/t13-,15+/m0/s1. The van der Waals surface area contributed by atoms with Gasteiger partial charge in [-0.25, -0.2) is 4.79 Å². The number of anilines is 1. The lowest BCUT2D eigenvalue weighted by Gasteiger charge is -2.24. The van der Waals surface area contributed by atoms with Crippen molar-refractivity contribution >= 4 is 11.7 Å². The van der Waals surface area contributed by atoms with Gasteiger partial charge in [-0.2, -0.15) is 5.10 Å². The summed E-state index contributed by atoms with van der Waals surface area (Å²) in [6.45, 7) is 3.49. The van der Waals surface area contributed by atoms with Crippen molar-refractivity contribution in [1.82, 2.24) is 19.7 Å². The van der Waals surface area contributed by atoms with Crippen molar-refractivity contribution in [2.75, 3.05) is 19.0 Å². The third-order valence-electron chi connectivity index (χ3n) is 4.32. The van der Waals surface area contributed by atoms with Gasteiger partial charge in [0.15, 0.2) is 0 Å². The van der Waals surface area contributed by atoms with Crippen LogP contribution in [0.2, 0.25) is 0 Å². The van der Waals surface area contributed by atoms with Gasteiger partial charge in [-0.1, -0.05) is 6.07 Å². The van der Waals surface area contributed by atoms with E-state index in [4.69, 9.17) is 4.74 Å². The number of urea groups is 1. The molecule has 2 amide bonds. The molecule has 3 rings (SSSR count). The summed E-state index contributed by atoms with van der Waals surface area (Å²) in [5, 5.41) is 7.16. The van der Waals surface area contributed by atoms with Crippen molar-refractivity contribution in [3.05, 3.63) is 42.5 Å². The number of rotatable bonds is 5. The first-order valence-electron chi connectivity index (χ1n) is 8.22. The summed E-state index contributed by atoms with van der Waals surface area (Å²) in [7, 11) is 1.76. The van der Waals surface area contributed by atoms with Crippen molar-refractivity contribution in [3.63, 3.8) is 0 Å². The van der Waals surface area contributed by atoms with Crippen LogP contribution >= 0.6 is 0 Å². The predicted octanol–water partition coefficient (Wildman–Crippen LogP) is 2.68. The smallest absolute Gasteiger partial charge is 0.322 e. The Bertz CT molecular complexity index is 667. The molecule has 1 N–H and O–H groups in total. The molecule has 0 bridgehead atoms. The van der Waals surface area contributed by atoms with E-state index in [2.05, 4.69) is 15.4 Å². The fourth-order valence-electron chi connectivity index (χ4n) is 2.73. The maximum atomic E-state index is 12.4. The minimum atomic E-state index is -0.190. The SMILES string of the molecule is C[C@@H](c1ccccn1)N(C)C(=O)Nc1cnn(C[C@H]2CCCO2)c1. The predicted molar refractivity (Wildman–Crippen MR) is 90.6 cm³/mol. The maximum absolute atomic E-state index is 12.4. The van der Waals surface area contributed by atoms with Crippen molar-refractivity contribution in [1.29, 1.82) is 0 Å². The highest BCUT2D eigenvalue weighted by molar-refractivity contribution is 5.89. The molecular weight excluding hydrogens is 306 g/mol. The molecule has 24 heavy (non-hydrogen) atoms. The second-order valence-electron chi connectivity index (χ2n) is 6.06. The van der Waals surface area contributed by atoms with Gasteiger partial charge < -0.3 is 15.0 Å². The van der Waals surface area contributed by atoms with Crippen molar-refractivity contribution < 1.29 is 9.53 Å². The lowest BCUT2D eigenvalue weighted by molar-refractivity contribution is 0.0940. The average Bonchev–Trinajstić information content (AvgIpc) is 3.27. The number of amides is 2. The summed E-state index contributed by atoms with van der Waals surface area (Å²) >= 11 is 0. The van der Waals surface area contributed by atoms with Gasteiger partial charge >= 0.3 is 6.03 Å². The second kappa shape index (κ2) is 7.44. The fraction of sp³-hybridized carbons (Fsp3) is 0.471. The third kappa shape index (κ3) is 3.91. The Balaban J connectivity index is 1.57. The van der Waals surface area contributed by atoms with Gasteiger partial charge in [0.2, 0.25) is 0 Å². The Labute approximate surface area is 141 Å². The van der Waals surface area contributed by atoms with E-state index in [1.54, 1.807) is 24.3 Å². The number of pyridine rings is 1. The molecule has 3 heterocycles. The van der Waals surface area contributed by atoms with Gasteiger partial charge in [-0.3, -0.25) is 9.67 Å². The minimum Gasteiger partial charge on any atom is -0.376 e. The molecule has 7 nitrogen and oxygen atoms in total. The van der Waals surface area contributed by atoms with E-state index in [1.165, 1.54) is 0 Å². The summed E-state index contributed by atoms with van der Waals surface area (Å²) < 4.78 is 7.42. The number of carbonyl (C=O) groups excluding carboxylic acids is 1. The normalized spacial score (nSPS) is 18.3. The van der Waals surface area contributed by atoms with Crippen LogP contribution in [0.4, 0.5) is 10.5 Å². The summed E-state index contributed by atoms with van der Waals surface area (Å²) in [5.41, 5.74) is 1.53. The largest absolute Gasteiger partial charge is 0.376 e. The Kier molecular flexibility index (Phi) is 5.10. The lowest BCUT2D eigenvalue weighted by atomic mass is 10.2. The molecule has 1 aliphatic rings. The Morgan fingerprint density at radius 2 is 2.42 bits per heavy atom. The topological polar surface area (TPSA) is 72.3 Å². The zero-order valence-corrected chi connectivity index (χ0v) is 14.1. The molecule has 0 aromatic carbocycles. The van der Waals surface area contributed by atoms with E-state index >= 15 is 0 Å². The van der Waals surface area contributed by atoms with Gasteiger partial charge in [-0.15, -0.1) is 0 Å². The van der Waals surface area contributed by atoms with E-state index in [0.29, 0.717) is 5.69 Å². The first kappa shape index (κ1) is 16.4. The summed E-state index contributed by atoms with van der Waals surface area (Å²) in [5.74, 6) is 0. The molecule has 0 spiro atoms. The van der Waals surface area contributed by atoms with Crippen LogP contribution in [0.5, 0.6) is 0 Å². The first-order valence-corrected chi connectivity index (χ1v) is 8.22. The molecule has 2 atom stereocenters. The summed E-state index contributed by atoms with van der Waals surface area (Å²) in [6.07, 6.45) is 7.61. The lowest BCUT2D eigenvalue weighted by Crippen LogP contribution is -2.33. The van der Waals surface area contributed by atoms with Gasteiger partial charge in [0, 0.05) is 26.0 Å². The number of aromatic nitrogens is 3. The molecule has 0 aliphatic carbocycles. The highest BCUT2D eigenvalue weighted by atomic mass is 16.5. The number of nitrogens with one attached hydrogen (secondary N) is 1. The monoisotopic (exact) mass is 329 g/mol. The van der Waals surface area contributed by atoms with Crippen LogP contribution in [0, 0.1) is 0 Å². The molecule has 2 aromatic heterocycles. The van der Waals surface area contributed by atoms with Crippen molar-refractivity contribution in [3.8, 4) is 0 Å². The minimum absolute atomic E-state index is 0.117. The molecule has 0 unspecified atom stereocenters. The van der Waals surface area contributed by atoms with Crippen LogP contribution in [0.1, 0.15) is 31.5 Å². The van der Waals surface area contributed by atoms with Crippen molar-refractivity contribution in [2.45, 2.75) is 38.5 Å². The quantitative estimate of drug-likeness (QED) is 0.915. The Morgan fingerprint density at radius 1 is 1.54 bits per heavy atom. The molecule has 2 aromatic rings. The fourth-order valence-corrected chi connectivity index (χ4v) is 2.73. The van der Waals surface area contributed by atoms with Gasteiger partial charge in [0.05, 0.1) is 36.3 Å². The van der Waals surface area contributed by atoms with Crippen LogP contribution < -0.4 is 5.32 Å². The first-order chi connectivity index (χ1) is 11.6. The van der Waals surface area contributed by atoms with Crippen LogP contribution in [0.3, 0.4) is 0 Å². The zero-order valence-electron chi connectivity index (χ0n) is 14.1. The summed E-state index contributed by atoms with van der Waals surface area (Å²) in [6, 6.07) is 5.38. The third-order valence-corrected chi connectivity index (χ3v) is 4.32. The molecule has 7 heteroatoms. The molecule has 1 fully saturated rings. The molecular formula is C17H23N5O2. The van der Waals surface area contributed by atoms with Crippen LogP contribution in [0.15, 0.2) is 36.8 Å². The van der Waals surface area contributed by atoms with Gasteiger partial charge in [-0.05, 0) is 31.9 Å². The molecule has 128 valence electrons. The van der Waals surface area contributed by atoms with Crippen LogP contribution in [0.25, 0.3) is 0 Å². The van der Waals surface area contributed by atoms with Crippen LogP contribution in [-0.2, 0) is 11.3 Å². The van der Waals surface area contributed by atoms with Gasteiger partial charge in [0.1, 0.15) is 0 Å². The van der Waals surface area contributed by atoms with Gasteiger partial charge in [0.25, 0.3) is 0 Å². The van der Waals surface area contributed by atoms with E-state index in [0.717, 1.165) is 31.7 Å². The van der Waals surface area contributed by atoms with E-state index in [9.17, 15) is 4.79 Å². The Morgan fingerprint density at radius 3 is 3.12 bits per heavy atom. The number of ether oxygens (including phenoxy) is 1. The number of nitrogens with zero attached hydrogens (tertiary/aromatic N) is 4. The zero-order chi connectivity index (χ0) is 16.9.